The van der Waals surface area contributed by atoms with Gasteiger partial charge in [-0.05, 0) is 48.7 Å². The number of pyridine rings is 1. The first kappa shape index (κ1) is 12.6. The Hall–Kier alpha value is -2.40. The molecule has 4 nitrogen and oxygen atoms in total. The molecule has 0 saturated carbocycles. The van der Waals surface area contributed by atoms with Gasteiger partial charge >= 0.3 is 6.03 Å². The molecule has 0 radical (unpaired) electrons. The zero-order valence-corrected chi connectivity index (χ0v) is 11.7. The number of urea groups is 1. The van der Waals surface area contributed by atoms with Gasteiger partial charge in [-0.1, -0.05) is 0 Å². The SMILES string of the molecule is Cc1cc2cc(NC(=O)Nc3cccnc3)ccc2s1. The van der Waals surface area contributed by atoms with E-state index in [1.165, 1.54) is 9.58 Å². The molecule has 3 aromatic rings. The van der Waals surface area contributed by atoms with Crippen molar-refractivity contribution in [1.29, 1.82) is 0 Å². The second-order valence-electron chi connectivity index (χ2n) is 4.43. The number of thiophene rings is 1. The van der Waals surface area contributed by atoms with Crippen LogP contribution in [0.25, 0.3) is 10.1 Å². The highest BCUT2D eigenvalue weighted by Gasteiger charge is 2.04. The van der Waals surface area contributed by atoms with E-state index in [-0.39, 0.29) is 6.03 Å². The summed E-state index contributed by atoms with van der Waals surface area (Å²) >= 11 is 1.75. The number of hydrogen-bond donors (Lipinski definition) is 2. The number of anilines is 2. The number of rotatable bonds is 2. The minimum Gasteiger partial charge on any atom is -0.308 e. The average Bonchev–Trinajstić information content (AvgIpc) is 2.79. The summed E-state index contributed by atoms with van der Waals surface area (Å²) in [5.74, 6) is 0. The van der Waals surface area contributed by atoms with E-state index < -0.39 is 0 Å². The molecule has 0 fully saturated rings. The third-order valence-corrected chi connectivity index (χ3v) is 3.85. The van der Waals surface area contributed by atoms with Gasteiger partial charge in [0.1, 0.15) is 0 Å². The van der Waals surface area contributed by atoms with Crippen LogP contribution in [0.4, 0.5) is 16.2 Å². The van der Waals surface area contributed by atoms with E-state index in [9.17, 15) is 4.79 Å². The molecular formula is C15H13N3OS. The normalized spacial score (nSPS) is 10.4. The molecule has 2 heterocycles. The smallest absolute Gasteiger partial charge is 0.308 e. The molecule has 0 aliphatic carbocycles. The molecule has 5 heteroatoms. The van der Waals surface area contributed by atoms with E-state index in [0.29, 0.717) is 5.69 Å². The number of aromatic nitrogens is 1. The monoisotopic (exact) mass is 283 g/mol. The summed E-state index contributed by atoms with van der Waals surface area (Å²) in [7, 11) is 0. The van der Waals surface area contributed by atoms with Gasteiger partial charge in [-0.3, -0.25) is 4.98 Å². The summed E-state index contributed by atoms with van der Waals surface area (Å²) in [4.78, 5) is 17.1. The Balaban J connectivity index is 1.74. The van der Waals surface area contributed by atoms with E-state index in [2.05, 4.69) is 28.6 Å². The largest absolute Gasteiger partial charge is 0.323 e. The summed E-state index contributed by atoms with van der Waals surface area (Å²) in [6.07, 6.45) is 3.26. The molecule has 0 atom stereocenters. The van der Waals surface area contributed by atoms with Crippen LogP contribution in [0.3, 0.4) is 0 Å². The van der Waals surface area contributed by atoms with Crippen LogP contribution in [0.2, 0.25) is 0 Å². The Kier molecular flexibility index (Phi) is 3.35. The van der Waals surface area contributed by atoms with E-state index in [0.717, 1.165) is 11.1 Å². The fourth-order valence-electron chi connectivity index (χ4n) is 1.98. The van der Waals surface area contributed by atoms with Crippen LogP contribution in [-0.4, -0.2) is 11.0 Å². The first-order valence-electron chi connectivity index (χ1n) is 6.19. The topological polar surface area (TPSA) is 54.0 Å². The van der Waals surface area contributed by atoms with Crippen molar-refractivity contribution in [3.8, 4) is 0 Å². The highest BCUT2D eigenvalue weighted by atomic mass is 32.1. The van der Waals surface area contributed by atoms with E-state index in [4.69, 9.17) is 0 Å². The maximum Gasteiger partial charge on any atom is 0.323 e. The van der Waals surface area contributed by atoms with E-state index >= 15 is 0 Å². The summed E-state index contributed by atoms with van der Waals surface area (Å²) < 4.78 is 1.22. The number of nitrogens with zero attached hydrogens (tertiary/aromatic N) is 1. The Morgan fingerprint density at radius 2 is 2.00 bits per heavy atom. The highest BCUT2D eigenvalue weighted by molar-refractivity contribution is 7.19. The van der Waals surface area contributed by atoms with Gasteiger partial charge in [-0.25, -0.2) is 4.79 Å². The average molecular weight is 283 g/mol. The molecule has 20 heavy (non-hydrogen) atoms. The third kappa shape index (κ3) is 2.78. The van der Waals surface area contributed by atoms with Crippen molar-refractivity contribution in [3.63, 3.8) is 0 Å². The Bertz CT molecular complexity index is 752. The lowest BCUT2D eigenvalue weighted by Gasteiger charge is -2.07. The predicted octanol–water partition coefficient (Wildman–Crippen LogP) is 4.25. The zero-order chi connectivity index (χ0) is 13.9. The minimum absolute atomic E-state index is 0.274. The van der Waals surface area contributed by atoms with Crippen LogP contribution in [0, 0.1) is 6.92 Å². The van der Waals surface area contributed by atoms with Crippen LogP contribution in [0.5, 0.6) is 0 Å². The van der Waals surface area contributed by atoms with Crippen molar-refractivity contribution in [2.45, 2.75) is 6.92 Å². The number of nitrogens with one attached hydrogen (secondary N) is 2. The fourth-order valence-corrected chi connectivity index (χ4v) is 2.89. The summed E-state index contributed by atoms with van der Waals surface area (Å²) in [5.41, 5.74) is 1.44. The Morgan fingerprint density at radius 3 is 2.80 bits per heavy atom. The molecule has 3 rings (SSSR count). The maximum absolute atomic E-state index is 11.9. The van der Waals surface area contributed by atoms with Gasteiger partial charge in [0.25, 0.3) is 0 Å². The summed E-state index contributed by atoms with van der Waals surface area (Å²) in [5, 5.41) is 6.70. The third-order valence-electron chi connectivity index (χ3n) is 2.82. The molecule has 2 N–H and O–H groups in total. The minimum atomic E-state index is -0.274. The molecule has 0 bridgehead atoms. The Morgan fingerprint density at radius 1 is 1.15 bits per heavy atom. The van der Waals surface area contributed by atoms with Crippen molar-refractivity contribution in [2.75, 3.05) is 10.6 Å². The van der Waals surface area contributed by atoms with Gasteiger partial charge in [0.2, 0.25) is 0 Å². The van der Waals surface area contributed by atoms with Crippen molar-refractivity contribution in [1.82, 2.24) is 4.98 Å². The molecule has 0 aliphatic heterocycles. The number of amides is 2. The quantitative estimate of drug-likeness (QED) is 0.738. The van der Waals surface area contributed by atoms with Gasteiger partial charge in [-0.15, -0.1) is 11.3 Å². The summed E-state index contributed by atoms with van der Waals surface area (Å²) in [6.45, 7) is 2.08. The number of aryl methyl sites for hydroxylation is 1. The van der Waals surface area contributed by atoms with Crippen LogP contribution in [-0.2, 0) is 0 Å². The van der Waals surface area contributed by atoms with Gasteiger partial charge in [0.15, 0.2) is 0 Å². The Labute approximate surface area is 120 Å². The fraction of sp³-hybridized carbons (Fsp3) is 0.0667. The van der Waals surface area contributed by atoms with Crippen LogP contribution >= 0.6 is 11.3 Å². The van der Waals surface area contributed by atoms with Crippen molar-refractivity contribution >= 4 is 38.8 Å². The lowest BCUT2D eigenvalue weighted by molar-refractivity contribution is 0.262. The van der Waals surface area contributed by atoms with Gasteiger partial charge in [0, 0.05) is 21.5 Å². The first-order chi connectivity index (χ1) is 9.70. The maximum atomic E-state index is 11.9. The second kappa shape index (κ2) is 5.30. The van der Waals surface area contributed by atoms with Crippen molar-refractivity contribution in [3.05, 3.63) is 53.7 Å². The lowest BCUT2D eigenvalue weighted by Crippen LogP contribution is -2.19. The zero-order valence-electron chi connectivity index (χ0n) is 10.9. The molecule has 0 aliphatic rings. The van der Waals surface area contributed by atoms with Gasteiger partial charge in [0.05, 0.1) is 11.9 Å². The highest BCUT2D eigenvalue weighted by Crippen LogP contribution is 2.27. The molecule has 2 amide bonds. The number of carbonyl (C=O) groups is 1. The predicted molar refractivity (Wildman–Crippen MR) is 83.4 cm³/mol. The second-order valence-corrected chi connectivity index (χ2v) is 5.72. The first-order valence-corrected chi connectivity index (χ1v) is 7.00. The van der Waals surface area contributed by atoms with Gasteiger partial charge < -0.3 is 10.6 Å². The number of fused-ring (bicyclic) bond motifs is 1. The lowest BCUT2D eigenvalue weighted by atomic mass is 10.2. The van der Waals surface area contributed by atoms with Gasteiger partial charge in [-0.2, -0.15) is 0 Å². The van der Waals surface area contributed by atoms with Crippen molar-refractivity contribution < 1.29 is 4.79 Å². The molecule has 0 saturated heterocycles. The van der Waals surface area contributed by atoms with E-state index in [1.807, 2.05) is 18.2 Å². The number of hydrogen-bond acceptors (Lipinski definition) is 3. The molecular weight excluding hydrogens is 270 g/mol. The van der Waals surface area contributed by atoms with Crippen LogP contribution in [0.15, 0.2) is 48.8 Å². The van der Waals surface area contributed by atoms with Crippen LogP contribution < -0.4 is 10.6 Å². The molecule has 0 unspecified atom stereocenters. The molecule has 2 aromatic heterocycles. The number of benzene rings is 1. The van der Waals surface area contributed by atoms with Crippen LogP contribution in [0.1, 0.15) is 4.88 Å². The standard InChI is InChI=1S/C15H13N3OS/c1-10-7-11-8-12(4-5-14(11)20-10)17-15(19)18-13-3-2-6-16-9-13/h2-9H,1H3,(H2,17,18,19). The van der Waals surface area contributed by atoms with Crippen molar-refractivity contribution in [2.24, 2.45) is 0 Å². The molecule has 100 valence electrons. The summed E-state index contributed by atoms with van der Waals surface area (Å²) in [6, 6.07) is 11.3. The van der Waals surface area contributed by atoms with E-state index in [1.54, 1.807) is 35.9 Å². The number of carbonyl (C=O) groups excluding carboxylic acids is 1. The molecule has 0 spiro atoms. The molecule has 1 aromatic carbocycles.